The Hall–Kier alpha value is -1.45. The van der Waals surface area contributed by atoms with Gasteiger partial charge in [0.2, 0.25) is 0 Å². The van der Waals surface area contributed by atoms with Crippen LogP contribution in [0.25, 0.3) is 0 Å². The van der Waals surface area contributed by atoms with E-state index in [1.807, 2.05) is 37.3 Å². The predicted molar refractivity (Wildman–Crippen MR) is 86.7 cm³/mol. The number of ketones is 1. The average molecular weight is 345 g/mol. The first-order valence-corrected chi connectivity index (χ1v) is 7.93. The minimum absolute atomic E-state index is 0.124. The number of ether oxygens (including phenoxy) is 1. The van der Waals surface area contributed by atoms with Crippen molar-refractivity contribution in [1.29, 1.82) is 0 Å². The quantitative estimate of drug-likeness (QED) is 0.758. The van der Waals surface area contributed by atoms with E-state index in [0.29, 0.717) is 13.0 Å². The van der Waals surface area contributed by atoms with Crippen molar-refractivity contribution >= 4 is 21.7 Å². The number of carbonyl (C=O) groups is 1. The van der Waals surface area contributed by atoms with Gasteiger partial charge in [-0.3, -0.25) is 4.79 Å². The number of Topliss-reactive ketones (excluding diaryl/α,β-unsaturated/α-hetero) is 1. The minimum Gasteiger partial charge on any atom is -0.373 e. The summed E-state index contributed by atoms with van der Waals surface area (Å²) >= 11 is 3.43. The summed E-state index contributed by atoms with van der Waals surface area (Å²) < 4.78 is 6.77. The Labute approximate surface area is 133 Å². The number of rotatable bonds is 3. The number of carbonyl (C=O) groups excluding carboxylic acids is 1. The van der Waals surface area contributed by atoms with Gasteiger partial charge in [0, 0.05) is 16.5 Å². The van der Waals surface area contributed by atoms with Gasteiger partial charge in [0.15, 0.2) is 5.78 Å². The molecule has 3 rings (SSSR count). The van der Waals surface area contributed by atoms with Crippen LogP contribution in [0, 0.1) is 6.92 Å². The molecule has 1 heterocycles. The topological polar surface area (TPSA) is 26.3 Å². The standard InChI is InChI=1S/C18H17BrO2/c1-12-6-7-14(19)10-16(12)17(20)11-18-15-5-3-2-4-13(15)8-9-21-18/h2-7,10,18H,8-9,11H2,1H3. The van der Waals surface area contributed by atoms with Gasteiger partial charge in [-0.05, 0) is 42.2 Å². The highest BCUT2D eigenvalue weighted by molar-refractivity contribution is 9.10. The van der Waals surface area contributed by atoms with Crippen LogP contribution in [0.3, 0.4) is 0 Å². The van der Waals surface area contributed by atoms with Gasteiger partial charge in [-0.2, -0.15) is 0 Å². The molecule has 0 amide bonds. The number of benzene rings is 2. The van der Waals surface area contributed by atoms with Gasteiger partial charge in [0.25, 0.3) is 0 Å². The highest BCUT2D eigenvalue weighted by Crippen LogP contribution is 2.31. The largest absolute Gasteiger partial charge is 0.373 e. The maximum absolute atomic E-state index is 12.6. The second kappa shape index (κ2) is 6.12. The first kappa shape index (κ1) is 14.5. The lowest BCUT2D eigenvalue weighted by molar-refractivity contribution is 0.0352. The molecular formula is C18H17BrO2. The molecule has 0 fully saturated rings. The van der Waals surface area contributed by atoms with Crippen LogP contribution in [0.4, 0.5) is 0 Å². The van der Waals surface area contributed by atoms with Crippen molar-refractivity contribution in [2.75, 3.05) is 6.61 Å². The second-order valence-corrected chi connectivity index (χ2v) is 6.31. The van der Waals surface area contributed by atoms with Crippen LogP contribution in [-0.4, -0.2) is 12.4 Å². The lowest BCUT2D eigenvalue weighted by Crippen LogP contribution is -2.19. The molecule has 0 saturated carbocycles. The maximum atomic E-state index is 12.6. The molecule has 1 aliphatic rings. The summed E-state index contributed by atoms with van der Waals surface area (Å²) in [4.78, 5) is 12.6. The zero-order valence-electron chi connectivity index (χ0n) is 11.9. The Morgan fingerprint density at radius 1 is 1.29 bits per heavy atom. The highest BCUT2D eigenvalue weighted by atomic mass is 79.9. The van der Waals surface area contributed by atoms with Crippen molar-refractivity contribution in [2.45, 2.75) is 25.9 Å². The van der Waals surface area contributed by atoms with Gasteiger partial charge in [0.05, 0.1) is 12.7 Å². The number of halogens is 1. The fourth-order valence-electron chi connectivity index (χ4n) is 2.82. The molecule has 0 aromatic heterocycles. The van der Waals surface area contributed by atoms with E-state index in [-0.39, 0.29) is 11.9 Å². The molecule has 3 heteroatoms. The van der Waals surface area contributed by atoms with Gasteiger partial charge < -0.3 is 4.74 Å². The van der Waals surface area contributed by atoms with Crippen molar-refractivity contribution in [3.63, 3.8) is 0 Å². The molecule has 2 aromatic carbocycles. The first-order chi connectivity index (χ1) is 10.1. The predicted octanol–water partition coefficient (Wildman–Crippen LogP) is 4.64. The van der Waals surface area contributed by atoms with Crippen LogP contribution >= 0.6 is 15.9 Å². The van der Waals surface area contributed by atoms with Crippen LogP contribution in [0.1, 0.15) is 39.6 Å². The molecule has 1 atom stereocenters. The van der Waals surface area contributed by atoms with E-state index in [4.69, 9.17) is 4.74 Å². The van der Waals surface area contributed by atoms with Gasteiger partial charge in [-0.25, -0.2) is 0 Å². The molecule has 0 saturated heterocycles. The second-order valence-electron chi connectivity index (χ2n) is 5.39. The van der Waals surface area contributed by atoms with Crippen LogP contribution in [0.5, 0.6) is 0 Å². The van der Waals surface area contributed by atoms with E-state index in [9.17, 15) is 4.79 Å². The summed E-state index contributed by atoms with van der Waals surface area (Å²) in [5.41, 5.74) is 4.24. The van der Waals surface area contributed by atoms with E-state index in [1.54, 1.807) is 0 Å². The average Bonchev–Trinajstić information content (AvgIpc) is 2.50. The SMILES string of the molecule is Cc1ccc(Br)cc1C(=O)CC1OCCc2ccccc21. The number of fused-ring (bicyclic) bond motifs is 1. The molecule has 2 nitrogen and oxygen atoms in total. The van der Waals surface area contributed by atoms with Crippen molar-refractivity contribution in [1.82, 2.24) is 0 Å². The third-order valence-electron chi connectivity index (χ3n) is 3.96. The van der Waals surface area contributed by atoms with Crippen LogP contribution in [-0.2, 0) is 11.2 Å². The van der Waals surface area contributed by atoms with E-state index in [1.165, 1.54) is 5.56 Å². The third kappa shape index (κ3) is 3.09. The fraction of sp³-hybridized carbons (Fsp3) is 0.278. The normalized spacial score (nSPS) is 17.3. The number of aryl methyl sites for hydroxylation is 1. The zero-order chi connectivity index (χ0) is 14.8. The molecular weight excluding hydrogens is 328 g/mol. The molecule has 0 bridgehead atoms. The summed E-state index contributed by atoms with van der Waals surface area (Å²) in [5.74, 6) is 0.135. The van der Waals surface area contributed by atoms with Crippen LogP contribution < -0.4 is 0 Å². The molecule has 1 unspecified atom stereocenters. The van der Waals surface area contributed by atoms with E-state index in [2.05, 4.69) is 28.1 Å². The van der Waals surface area contributed by atoms with Gasteiger partial charge in [-0.15, -0.1) is 0 Å². The molecule has 0 radical (unpaired) electrons. The van der Waals surface area contributed by atoms with Crippen molar-refractivity contribution < 1.29 is 9.53 Å². The van der Waals surface area contributed by atoms with E-state index in [0.717, 1.165) is 27.6 Å². The molecule has 0 N–H and O–H groups in total. The maximum Gasteiger partial charge on any atom is 0.166 e. The van der Waals surface area contributed by atoms with Gasteiger partial charge in [0.1, 0.15) is 0 Å². The Kier molecular flexibility index (Phi) is 4.22. The summed E-state index contributed by atoms with van der Waals surface area (Å²) in [7, 11) is 0. The lowest BCUT2D eigenvalue weighted by Gasteiger charge is -2.25. The van der Waals surface area contributed by atoms with Gasteiger partial charge >= 0.3 is 0 Å². The van der Waals surface area contributed by atoms with Crippen molar-refractivity contribution in [3.8, 4) is 0 Å². The molecule has 21 heavy (non-hydrogen) atoms. The lowest BCUT2D eigenvalue weighted by atomic mass is 9.92. The highest BCUT2D eigenvalue weighted by Gasteiger charge is 2.24. The smallest absolute Gasteiger partial charge is 0.166 e. The molecule has 108 valence electrons. The number of hydrogen-bond acceptors (Lipinski definition) is 2. The van der Waals surface area contributed by atoms with E-state index < -0.39 is 0 Å². The van der Waals surface area contributed by atoms with E-state index >= 15 is 0 Å². The first-order valence-electron chi connectivity index (χ1n) is 7.14. The monoisotopic (exact) mass is 344 g/mol. The fourth-order valence-corrected chi connectivity index (χ4v) is 3.18. The van der Waals surface area contributed by atoms with Gasteiger partial charge in [-0.1, -0.05) is 46.3 Å². The molecule has 0 spiro atoms. The Bertz CT molecular complexity index is 679. The molecule has 0 aliphatic carbocycles. The summed E-state index contributed by atoms with van der Waals surface area (Å²) in [6, 6.07) is 14.1. The molecule has 2 aromatic rings. The van der Waals surface area contributed by atoms with Crippen molar-refractivity contribution in [3.05, 3.63) is 69.2 Å². The summed E-state index contributed by atoms with van der Waals surface area (Å²) in [6.45, 7) is 2.65. The molecule has 1 aliphatic heterocycles. The van der Waals surface area contributed by atoms with Crippen LogP contribution in [0.2, 0.25) is 0 Å². The Morgan fingerprint density at radius 3 is 2.95 bits per heavy atom. The number of hydrogen-bond donors (Lipinski definition) is 0. The Morgan fingerprint density at radius 2 is 2.10 bits per heavy atom. The zero-order valence-corrected chi connectivity index (χ0v) is 13.5. The Balaban J connectivity index is 1.84. The minimum atomic E-state index is -0.124. The summed E-state index contributed by atoms with van der Waals surface area (Å²) in [5, 5.41) is 0. The van der Waals surface area contributed by atoms with Crippen molar-refractivity contribution in [2.24, 2.45) is 0 Å². The third-order valence-corrected chi connectivity index (χ3v) is 4.46. The van der Waals surface area contributed by atoms with Crippen LogP contribution in [0.15, 0.2) is 46.9 Å². The summed E-state index contributed by atoms with van der Waals surface area (Å²) in [6.07, 6.45) is 1.20.